The van der Waals surface area contributed by atoms with E-state index < -0.39 is 5.91 Å². The van der Waals surface area contributed by atoms with Crippen molar-refractivity contribution >= 4 is 17.7 Å². The number of Topliss-reactive ketones (excluding diaryl/α,β-unsaturated/α-hetero) is 1. The molecule has 0 saturated heterocycles. The maximum Gasteiger partial charge on any atom is 0.332 e. The second-order valence-electron chi connectivity index (χ2n) is 6.41. The van der Waals surface area contributed by atoms with Crippen LogP contribution in [-0.4, -0.2) is 44.0 Å². The van der Waals surface area contributed by atoms with Crippen LogP contribution in [0.1, 0.15) is 78.1 Å². The number of esters is 1. The van der Waals surface area contributed by atoms with Crippen molar-refractivity contribution in [2.45, 2.75) is 78.1 Å². The first-order chi connectivity index (χ1) is 13.1. The average molecular weight is 384 g/mol. The molecule has 0 bridgehead atoms. The summed E-state index contributed by atoms with van der Waals surface area (Å²) in [6.07, 6.45) is 14.4. The van der Waals surface area contributed by atoms with Crippen molar-refractivity contribution in [3.8, 4) is 0 Å². The van der Waals surface area contributed by atoms with Gasteiger partial charge in [0.05, 0.1) is 6.61 Å². The van der Waals surface area contributed by atoms with Gasteiger partial charge in [0.25, 0.3) is 5.91 Å². The van der Waals surface area contributed by atoms with Gasteiger partial charge >= 0.3 is 5.97 Å². The summed E-state index contributed by atoms with van der Waals surface area (Å²) in [5.41, 5.74) is 0. The van der Waals surface area contributed by atoms with E-state index >= 15 is 0 Å². The van der Waals surface area contributed by atoms with E-state index in [1.54, 1.807) is 13.8 Å². The molecule has 0 fully saturated rings. The minimum Gasteiger partial charge on any atom is -0.464 e. The van der Waals surface area contributed by atoms with E-state index in [1.807, 2.05) is 0 Å². The topological polar surface area (TPSA) is 81.7 Å². The fourth-order valence-electron chi connectivity index (χ4n) is 2.44. The first-order valence-corrected chi connectivity index (χ1v) is 10.3. The lowest BCUT2D eigenvalue weighted by Gasteiger charge is -2.04. The van der Waals surface area contributed by atoms with Crippen LogP contribution in [-0.2, 0) is 23.9 Å². The Balaban J connectivity index is 3.26. The van der Waals surface area contributed by atoms with E-state index in [-0.39, 0.29) is 24.8 Å². The van der Waals surface area contributed by atoms with Gasteiger partial charge in [0.2, 0.25) is 5.78 Å². The molecule has 0 aliphatic carbocycles. The number of ketones is 1. The van der Waals surface area contributed by atoms with Gasteiger partial charge in [-0.2, -0.15) is 0 Å². The van der Waals surface area contributed by atoms with Gasteiger partial charge in [-0.05, 0) is 45.4 Å². The molecule has 0 saturated carbocycles. The number of ether oxygens (including phenoxy) is 2. The number of unbranched alkanes of at least 4 members (excludes halogenated alkanes) is 7. The van der Waals surface area contributed by atoms with Crippen LogP contribution in [0.2, 0.25) is 0 Å². The van der Waals surface area contributed by atoms with Crippen molar-refractivity contribution in [2.75, 3.05) is 26.4 Å². The molecule has 27 heavy (non-hydrogen) atoms. The lowest BCUT2D eigenvalue weighted by molar-refractivity contribution is -0.148. The van der Waals surface area contributed by atoms with Gasteiger partial charge in [0.15, 0.2) is 0 Å². The zero-order valence-electron chi connectivity index (χ0n) is 17.1. The molecule has 156 valence electrons. The van der Waals surface area contributed by atoms with Crippen molar-refractivity contribution in [1.29, 1.82) is 0 Å². The Labute approximate surface area is 164 Å². The number of allylic oxidation sites excluding steroid dienone is 2. The molecule has 1 N–H and O–H groups in total. The standard InChI is InChI=1S/C21H37NO5/c1-3-19(23)21(25)22-16-14-12-10-8-6-5-7-9-11-13-15-17-26-18-20(24)27-4-2/h6,8H,3-5,7,9-18H2,1-2H3,(H,22,25)/b8-6-. The molecule has 0 radical (unpaired) electrons. The minimum absolute atomic E-state index is 0.0574. The molecule has 0 aromatic rings. The summed E-state index contributed by atoms with van der Waals surface area (Å²) in [7, 11) is 0. The summed E-state index contributed by atoms with van der Waals surface area (Å²) in [6, 6.07) is 0. The fraction of sp³-hybridized carbons (Fsp3) is 0.762. The van der Waals surface area contributed by atoms with E-state index in [2.05, 4.69) is 17.5 Å². The Morgan fingerprint density at radius 2 is 1.48 bits per heavy atom. The molecule has 0 spiro atoms. The second kappa shape index (κ2) is 19.1. The van der Waals surface area contributed by atoms with Crippen molar-refractivity contribution in [2.24, 2.45) is 0 Å². The molecule has 6 heteroatoms. The third kappa shape index (κ3) is 17.5. The highest BCUT2D eigenvalue weighted by Gasteiger charge is 2.08. The average Bonchev–Trinajstić information content (AvgIpc) is 2.66. The Morgan fingerprint density at radius 3 is 2.15 bits per heavy atom. The predicted molar refractivity (Wildman–Crippen MR) is 106 cm³/mol. The molecule has 0 unspecified atom stereocenters. The monoisotopic (exact) mass is 383 g/mol. The molecule has 6 nitrogen and oxygen atoms in total. The van der Waals surface area contributed by atoms with Crippen molar-refractivity contribution < 1.29 is 23.9 Å². The number of carbonyl (C=O) groups excluding carboxylic acids is 3. The summed E-state index contributed by atoms with van der Waals surface area (Å²) in [4.78, 5) is 33.4. The smallest absolute Gasteiger partial charge is 0.332 e. The first kappa shape index (κ1) is 25.3. The van der Waals surface area contributed by atoms with E-state index in [0.717, 1.165) is 38.5 Å². The summed E-state index contributed by atoms with van der Waals surface area (Å²) in [6.45, 7) is 5.12. The highest BCUT2D eigenvalue weighted by molar-refractivity contribution is 6.36. The summed E-state index contributed by atoms with van der Waals surface area (Å²) < 4.78 is 10.0. The number of rotatable bonds is 18. The molecule has 0 aliphatic heterocycles. The van der Waals surface area contributed by atoms with Crippen molar-refractivity contribution in [3.63, 3.8) is 0 Å². The molecule has 0 aromatic heterocycles. The number of carbonyl (C=O) groups is 3. The van der Waals surface area contributed by atoms with Crippen LogP contribution in [0.3, 0.4) is 0 Å². The largest absolute Gasteiger partial charge is 0.464 e. The van der Waals surface area contributed by atoms with E-state index in [0.29, 0.717) is 19.8 Å². The highest BCUT2D eigenvalue weighted by Crippen LogP contribution is 2.07. The van der Waals surface area contributed by atoms with Crippen molar-refractivity contribution in [3.05, 3.63) is 12.2 Å². The zero-order chi connectivity index (χ0) is 20.2. The van der Waals surface area contributed by atoms with Crippen molar-refractivity contribution in [1.82, 2.24) is 5.32 Å². The maximum atomic E-state index is 11.3. The molecule has 0 atom stereocenters. The van der Waals surface area contributed by atoms with Gasteiger partial charge < -0.3 is 14.8 Å². The van der Waals surface area contributed by atoms with E-state index in [9.17, 15) is 14.4 Å². The normalized spacial score (nSPS) is 10.9. The minimum atomic E-state index is -0.460. The van der Waals surface area contributed by atoms with Gasteiger partial charge in [-0.3, -0.25) is 9.59 Å². The van der Waals surface area contributed by atoms with Gasteiger partial charge in [0, 0.05) is 19.6 Å². The number of hydrogen-bond donors (Lipinski definition) is 1. The van der Waals surface area contributed by atoms with Crippen LogP contribution >= 0.6 is 0 Å². The molecule has 0 heterocycles. The molecular weight excluding hydrogens is 346 g/mol. The summed E-state index contributed by atoms with van der Waals surface area (Å²) >= 11 is 0. The Kier molecular flexibility index (Phi) is 17.9. The fourth-order valence-corrected chi connectivity index (χ4v) is 2.44. The molecule has 0 rings (SSSR count). The highest BCUT2D eigenvalue weighted by atomic mass is 16.6. The van der Waals surface area contributed by atoms with Crippen LogP contribution < -0.4 is 5.32 Å². The van der Waals surface area contributed by atoms with E-state index in [4.69, 9.17) is 9.47 Å². The zero-order valence-corrected chi connectivity index (χ0v) is 17.1. The summed E-state index contributed by atoms with van der Waals surface area (Å²) in [5.74, 6) is -1.10. The van der Waals surface area contributed by atoms with Crippen LogP contribution in [0.15, 0.2) is 12.2 Å². The Bertz CT molecular complexity index is 434. The van der Waals surface area contributed by atoms with Crippen LogP contribution in [0.25, 0.3) is 0 Å². The molecular formula is C21H37NO5. The Hall–Kier alpha value is -1.69. The maximum absolute atomic E-state index is 11.3. The van der Waals surface area contributed by atoms with Gasteiger partial charge in [-0.1, -0.05) is 38.3 Å². The van der Waals surface area contributed by atoms with Gasteiger partial charge in [0.1, 0.15) is 6.61 Å². The Morgan fingerprint density at radius 1 is 0.852 bits per heavy atom. The first-order valence-electron chi connectivity index (χ1n) is 10.3. The molecule has 0 aromatic carbocycles. The molecule has 0 aliphatic rings. The number of hydrogen-bond acceptors (Lipinski definition) is 5. The molecule has 1 amide bonds. The van der Waals surface area contributed by atoms with E-state index in [1.165, 1.54) is 19.3 Å². The van der Waals surface area contributed by atoms with Gasteiger partial charge in [-0.15, -0.1) is 0 Å². The second-order valence-corrected chi connectivity index (χ2v) is 6.41. The lowest BCUT2D eigenvalue weighted by atomic mass is 10.1. The van der Waals surface area contributed by atoms with Crippen LogP contribution in [0, 0.1) is 0 Å². The van der Waals surface area contributed by atoms with Gasteiger partial charge in [-0.25, -0.2) is 4.79 Å². The van der Waals surface area contributed by atoms with Crippen LogP contribution in [0.5, 0.6) is 0 Å². The summed E-state index contributed by atoms with van der Waals surface area (Å²) in [5, 5.41) is 2.64. The third-order valence-electron chi connectivity index (χ3n) is 4.01. The SMILES string of the molecule is CCOC(=O)COCCCCCCC/C=C\CCCCNC(=O)C(=O)CC. The quantitative estimate of drug-likeness (QED) is 0.169. The van der Waals surface area contributed by atoms with Crippen LogP contribution in [0.4, 0.5) is 0 Å². The number of nitrogens with one attached hydrogen (secondary N) is 1. The lowest BCUT2D eigenvalue weighted by Crippen LogP contribution is -2.31. The third-order valence-corrected chi connectivity index (χ3v) is 4.01. The predicted octanol–water partition coefficient (Wildman–Crippen LogP) is 3.73. The number of amides is 1.